The average molecular weight is 423 g/mol. The van der Waals surface area contributed by atoms with Crippen LogP contribution in [0.2, 0.25) is 0 Å². The Morgan fingerprint density at radius 3 is 2.94 bits per heavy atom. The van der Waals surface area contributed by atoms with Crippen LogP contribution in [0.15, 0.2) is 35.7 Å². The maximum atomic E-state index is 14.8. The number of fused-ring (bicyclic) bond motifs is 1. The van der Waals surface area contributed by atoms with Crippen molar-refractivity contribution in [2.45, 2.75) is 25.0 Å². The van der Waals surface area contributed by atoms with Gasteiger partial charge < -0.3 is 24.8 Å². The molecular formula is C21H22FN7O2. The number of oxime groups is 1. The fourth-order valence-electron chi connectivity index (χ4n) is 4.04. The number of hydrogen-bond acceptors (Lipinski definition) is 7. The molecule has 0 amide bonds. The third-order valence-electron chi connectivity index (χ3n) is 5.67. The van der Waals surface area contributed by atoms with Gasteiger partial charge in [-0.3, -0.25) is 5.41 Å². The molecule has 1 aliphatic heterocycles. The lowest BCUT2D eigenvalue weighted by atomic mass is 9.97. The SMILES string of the molecule is COc1nc(C2=NOC(C3CC3)C(c3cn(C)c4nccc(F)c34)N2)ccc1NC=N. The molecule has 1 saturated carbocycles. The number of methoxy groups -OCH3 is 1. The van der Waals surface area contributed by atoms with E-state index < -0.39 is 0 Å². The summed E-state index contributed by atoms with van der Waals surface area (Å²) in [5.41, 5.74) is 2.44. The molecule has 3 aromatic heterocycles. The topological polar surface area (TPSA) is 109 Å². The van der Waals surface area contributed by atoms with E-state index in [2.05, 4.69) is 25.8 Å². The summed E-state index contributed by atoms with van der Waals surface area (Å²) in [6.07, 6.45) is 6.31. The number of pyridine rings is 2. The van der Waals surface area contributed by atoms with Crippen LogP contribution in [-0.2, 0) is 11.9 Å². The van der Waals surface area contributed by atoms with Crippen LogP contribution >= 0.6 is 0 Å². The fraction of sp³-hybridized carbons (Fsp3) is 0.333. The zero-order chi connectivity index (χ0) is 21.5. The van der Waals surface area contributed by atoms with Crippen molar-refractivity contribution in [3.63, 3.8) is 0 Å². The molecule has 2 aliphatic rings. The number of ether oxygens (including phenoxy) is 1. The van der Waals surface area contributed by atoms with E-state index in [-0.39, 0.29) is 18.0 Å². The van der Waals surface area contributed by atoms with Crippen molar-refractivity contribution in [2.24, 2.45) is 18.1 Å². The third-order valence-corrected chi connectivity index (χ3v) is 5.67. The highest BCUT2D eigenvalue weighted by atomic mass is 19.1. The summed E-state index contributed by atoms with van der Waals surface area (Å²) in [5.74, 6) is 0.803. The van der Waals surface area contributed by atoms with Gasteiger partial charge in [-0.15, -0.1) is 0 Å². The molecule has 160 valence electrons. The fourth-order valence-corrected chi connectivity index (χ4v) is 4.04. The smallest absolute Gasteiger partial charge is 0.238 e. The van der Waals surface area contributed by atoms with E-state index in [1.54, 1.807) is 12.1 Å². The quantitative estimate of drug-likeness (QED) is 0.415. The maximum Gasteiger partial charge on any atom is 0.238 e. The van der Waals surface area contributed by atoms with Gasteiger partial charge in [0.1, 0.15) is 22.8 Å². The molecule has 4 heterocycles. The van der Waals surface area contributed by atoms with E-state index in [0.29, 0.717) is 40.0 Å². The predicted octanol–water partition coefficient (Wildman–Crippen LogP) is 2.94. The van der Waals surface area contributed by atoms with Crippen LogP contribution in [0.4, 0.5) is 10.1 Å². The number of anilines is 1. The van der Waals surface area contributed by atoms with Gasteiger partial charge >= 0.3 is 0 Å². The molecule has 2 unspecified atom stereocenters. The summed E-state index contributed by atoms with van der Waals surface area (Å²) in [7, 11) is 3.36. The predicted molar refractivity (Wildman–Crippen MR) is 114 cm³/mol. The Bertz CT molecular complexity index is 1190. The van der Waals surface area contributed by atoms with E-state index in [9.17, 15) is 4.39 Å². The summed E-state index contributed by atoms with van der Waals surface area (Å²) >= 11 is 0. The number of halogens is 1. The Labute approximate surface area is 177 Å². The van der Waals surface area contributed by atoms with Crippen LogP contribution in [0.25, 0.3) is 11.0 Å². The molecule has 0 spiro atoms. The van der Waals surface area contributed by atoms with E-state index in [1.165, 1.54) is 19.4 Å². The van der Waals surface area contributed by atoms with Gasteiger partial charge in [0.15, 0.2) is 11.9 Å². The minimum absolute atomic E-state index is 0.213. The summed E-state index contributed by atoms with van der Waals surface area (Å²) in [6.45, 7) is 0. The van der Waals surface area contributed by atoms with Crippen LogP contribution in [0.1, 0.15) is 30.1 Å². The molecule has 10 heteroatoms. The van der Waals surface area contributed by atoms with Gasteiger partial charge in [0.05, 0.1) is 24.9 Å². The largest absolute Gasteiger partial charge is 0.479 e. The number of hydrogen-bond donors (Lipinski definition) is 3. The molecule has 5 rings (SSSR count). The van der Waals surface area contributed by atoms with Crippen LogP contribution in [-0.4, -0.2) is 39.9 Å². The Morgan fingerprint density at radius 1 is 1.35 bits per heavy atom. The maximum absolute atomic E-state index is 14.8. The number of nitrogens with zero attached hydrogens (tertiary/aromatic N) is 4. The van der Waals surface area contributed by atoms with Crippen molar-refractivity contribution in [3.05, 3.63) is 47.7 Å². The van der Waals surface area contributed by atoms with Gasteiger partial charge in [-0.2, -0.15) is 0 Å². The first-order valence-corrected chi connectivity index (χ1v) is 10.0. The van der Waals surface area contributed by atoms with Crippen LogP contribution in [0.5, 0.6) is 5.88 Å². The molecule has 3 aromatic rings. The van der Waals surface area contributed by atoms with Gasteiger partial charge in [-0.05, 0) is 31.0 Å². The van der Waals surface area contributed by atoms with Gasteiger partial charge in [0, 0.05) is 30.9 Å². The molecule has 0 saturated heterocycles. The second kappa shape index (κ2) is 7.53. The highest BCUT2D eigenvalue weighted by molar-refractivity contribution is 5.98. The number of aryl methyl sites for hydroxylation is 1. The normalized spacial score (nSPS) is 20.5. The van der Waals surface area contributed by atoms with Crippen molar-refractivity contribution in [3.8, 4) is 5.88 Å². The molecule has 0 aromatic carbocycles. The molecule has 0 bridgehead atoms. The lowest BCUT2D eigenvalue weighted by Crippen LogP contribution is -2.43. The van der Waals surface area contributed by atoms with Gasteiger partial charge in [-0.25, -0.2) is 14.4 Å². The van der Waals surface area contributed by atoms with Crippen LogP contribution in [0, 0.1) is 17.1 Å². The zero-order valence-corrected chi connectivity index (χ0v) is 17.1. The first-order chi connectivity index (χ1) is 15.1. The summed E-state index contributed by atoms with van der Waals surface area (Å²) in [4.78, 5) is 14.7. The van der Waals surface area contributed by atoms with Crippen molar-refractivity contribution in [1.82, 2.24) is 19.9 Å². The second-order valence-electron chi connectivity index (χ2n) is 7.70. The Balaban J connectivity index is 1.55. The molecule has 2 atom stereocenters. The van der Waals surface area contributed by atoms with Gasteiger partial charge in [-0.1, -0.05) is 5.16 Å². The molecular weight excluding hydrogens is 401 g/mol. The van der Waals surface area contributed by atoms with Crippen molar-refractivity contribution in [1.29, 1.82) is 5.41 Å². The summed E-state index contributed by atoms with van der Waals surface area (Å²) < 4.78 is 21.9. The van der Waals surface area contributed by atoms with E-state index in [1.807, 2.05) is 17.8 Å². The van der Waals surface area contributed by atoms with E-state index in [4.69, 9.17) is 15.0 Å². The Morgan fingerprint density at radius 2 is 2.19 bits per heavy atom. The van der Waals surface area contributed by atoms with Gasteiger partial charge in [0.25, 0.3) is 0 Å². The molecule has 3 N–H and O–H groups in total. The van der Waals surface area contributed by atoms with Crippen molar-refractivity contribution < 1.29 is 14.0 Å². The number of amidine groups is 1. The zero-order valence-electron chi connectivity index (χ0n) is 17.1. The van der Waals surface area contributed by atoms with Gasteiger partial charge in [0.2, 0.25) is 5.88 Å². The number of aromatic nitrogens is 3. The second-order valence-corrected chi connectivity index (χ2v) is 7.70. The molecule has 0 radical (unpaired) electrons. The first kappa shape index (κ1) is 19.3. The minimum Gasteiger partial charge on any atom is -0.479 e. The standard InChI is InChI=1S/C21H22FN7O2/c1-29-9-12(16-13(22)7-8-24-20(16)29)17-18(11-3-4-11)31-28-19(27-17)14-5-6-15(25-10-23)21(26-14)30-2/h5-11,17-18H,3-4H2,1-2H3,(H2,23,25)(H,27,28). The monoisotopic (exact) mass is 423 g/mol. The average Bonchev–Trinajstić information content (AvgIpc) is 3.57. The van der Waals surface area contributed by atoms with Crippen molar-refractivity contribution in [2.75, 3.05) is 12.4 Å². The lowest BCUT2D eigenvalue weighted by Gasteiger charge is -2.31. The summed E-state index contributed by atoms with van der Waals surface area (Å²) in [5, 5.41) is 18.2. The lowest BCUT2D eigenvalue weighted by molar-refractivity contribution is 0.00645. The van der Waals surface area contributed by atoms with Crippen LogP contribution < -0.4 is 15.4 Å². The highest BCUT2D eigenvalue weighted by Crippen LogP contribution is 2.43. The molecule has 9 nitrogen and oxygen atoms in total. The Kier molecular flexibility index (Phi) is 4.68. The van der Waals surface area contributed by atoms with Crippen molar-refractivity contribution >= 4 is 28.9 Å². The van der Waals surface area contributed by atoms with E-state index in [0.717, 1.165) is 24.7 Å². The Hall–Kier alpha value is -3.69. The number of rotatable bonds is 6. The van der Waals surface area contributed by atoms with Crippen LogP contribution in [0.3, 0.4) is 0 Å². The summed E-state index contributed by atoms with van der Waals surface area (Å²) in [6, 6.07) is 4.57. The highest BCUT2D eigenvalue weighted by Gasteiger charge is 2.43. The molecule has 31 heavy (non-hydrogen) atoms. The minimum atomic E-state index is -0.317. The molecule has 1 fully saturated rings. The number of nitrogens with one attached hydrogen (secondary N) is 3. The van der Waals surface area contributed by atoms with E-state index >= 15 is 0 Å². The third kappa shape index (κ3) is 3.33. The first-order valence-electron chi connectivity index (χ1n) is 10.0. The molecule has 1 aliphatic carbocycles.